The van der Waals surface area contributed by atoms with Crippen LogP contribution in [0.2, 0.25) is 0 Å². The molecule has 2 aliphatic heterocycles. The Morgan fingerprint density at radius 1 is 0.470 bits per heavy atom. The van der Waals surface area contributed by atoms with Gasteiger partial charge in [-0.25, -0.2) is 0 Å². The summed E-state index contributed by atoms with van der Waals surface area (Å²) in [6.07, 6.45) is 26.3. The molecule has 0 radical (unpaired) electrons. The Morgan fingerprint density at radius 3 is 1.23 bits per heavy atom. The van der Waals surface area contributed by atoms with Crippen LogP contribution in [0, 0.1) is 11.8 Å². The maximum absolute atomic E-state index is 14.6. The van der Waals surface area contributed by atoms with Gasteiger partial charge in [0.05, 0.1) is 45.5 Å². The summed E-state index contributed by atoms with van der Waals surface area (Å²) in [6.45, 7) is 11.9. The van der Waals surface area contributed by atoms with E-state index in [0.717, 1.165) is 97.2 Å². The minimum absolute atomic E-state index is 0.0378. The number of ether oxygens (including phenoxy) is 2. The van der Waals surface area contributed by atoms with Gasteiger partial charge in [-0.1, -0.05) is 154 Å². The van der Waals surface area contributed by atoms with E-state index in [0.29, 0.717) is 36.1 Å². The summed E-state index contributed by atoms with van der Waals surface area (Å²) in [5, 5.41) is 4.08. The van der Waals surface area contributed by atoms with E-state index in [1.807, 2.05) is 32.7 Å². The molecule has 4 heterocycles. The van der Waals surface area contributed by atoms with Crippen molar-refractivity contribution in [1.29, 1.82) is 0 Å². The summed E-state index contributed by atoms with van der Waals surface area (Å²) in [5.41, 5.74) is 5.38. The molecule has 0 saturated carbocycles. The van der Waals surface area contributed by atoms with Crippen LogP contribution in [0.15, 0.2) is 94.7 Å². The highest BCUT2D eigenvalue weighted by Crippen LogP contribution is 2.48. The van der Waals surface area contributed by atoms with Crippen LogP contribution in [0.25, 0.3) is 11.4 Å². The quantitative estimate of drug-likeness (QED) is 0.0438. The number of carbonyl (C=O) groups is 2. The van der Waals surface area contributed by atoms with Crippen molar-refractivity contribution >= 4 is 45.9 Å². The Balaban J connectivity index is 0.959. The zero-order valence-electron chi connectivity index (χ0n) is 41.0. The van der Waals surface area contributed by atoms with Crippen molar-refractivity contribution in [3.63, 3.8) is 0 Å². The lowest BCUT2D eigenvalue weighted by Gasteiger charge is -2.24. The standard InChI is InChI=1S/C58H80N2O4S2/c1-5-7-9-11-13-17-25-45(3)43-63-49-35-31-47(32-36-49)27-19-15-21-39-59-55(51-29-23-41-65-51)53-54(57(59)61)56(52-30-24-42-66-52)60(58(53)62)40-22-16-20-28-48-33-37-50(38-34-48)64-44-46(4)26-18-14-12-10-8-6-2/h23-24,29-38,41-42,45-46H,5-22,25-28,39-40,43-44H2,1-4H3. The molecule has 2 aromatic heterocycles. The molecule has 358 valence electrons. The minimum atomic E-state index is -0.0378. The number of benzene rings is 2. The van der Waals surface area contributed by atoms with E-state index >= 15 is 0 Å². The molecule has 4 aromatic rings. The molecule has 2 atom stereocenters. The lowest BCUT2D eigenvalue weighted by molar-refractivity contribution is -0.124. The highest BCUT2D eigenvalue weighted by molar-refractivity contribution is 7.11. The molecular formula is C58H80N2O4S2. The highest BCUT2D eigenvalue weighted by Gasteiger charge is 2.49. The average Bonchev–Trinajstić information content (AvgIpc) is 4.16. The zero-order chi connectivity index (χ0) is 46.4. The minimum Gasteiger partial charge on any atom is -0.493 e. The van der Waals surface area contributed by atoms with Crippen LogP contribution in [0.5, 0.6) is 11.5 Å². The van der Waals surface area contributed by atoms with E-state index in [9.17, 15) is 9.59 Å². The summed E-state index contributed by atoms with van der Waals surface area (Å²) in [4.78, 5) is 34.9. The maximum Gasteiger partial charge on any atom is 0.261 e. The third-order valence-electron chi connectivity index (χ3n) is 13.4. The van der Waals surface area contributed by atoms with Gasteiger partial charge in [-0.15, -0.1) is 22.7 Å². The van der Waals surface area contributed by atoms with Gasteiger partial charge in [-0.2, -0.15) is 0 Å². The first-order valence-electron chi connectivity index (χ1n) is 26.0. The van der Waals surface area contributed by atoms with Crippen molar-refractivity contribution < 1.29 is 19.1 Å². The first-order chi connectivity index (χ1) is 32.4. The van der Waals surface area contributed by atoms with E-state index in [1.54, 1.807) is 22.7 Å². The molecule has 6 rings (SSSR count). The molecule has 2 aromatic carbocycles. The smallest absolute Gasteiger partial charge is 0.261 e. The van der Waals surface area contributed by atoms with Crippen molar-refractivity contribution in [3.8, 4) is 11.5 Å². The fraction of sp³-hybridized carbons (Fsp3) is 0.552. The summed E-state index contributed by atoms with van der Waals surface area (Å²) < 4.78 is 12.3. The number of rotatable bonds is 34. The second-order valence-corrected chi connectivity index (χ2v) is 21.1. The second kappa shape index (κ2) is 28.3. The number of hydrogen-bond acceptors (Lipinski definition) is 6. The summed E-state index contributed by atoms with van der Waals surface area (Å²) in [7, 11) is 0. The average molecular weight is 933 g/mol. The SMILES string of the molecule is CCCCCCCCC(C)COc1ccc(CCCCCN2C(=O)C3=C(c4cccs4)N(CCCCCc4ccc(OCC(C)CCCCCCCC)cc4)C(=O)C3=C2c2cccs2)cc1. The second-order valence-electron chi connectivity index (χ2n) is 19.2. The topological polar surface area (TPSA) is 59.1 Å². The Bertz CT molecular complexity index is 1920. The van der Waals surface area contributed by atoms with Gasteiger partial charge < -0.3 is 19.3 Å². The summed E-state index contributed by atoms with van der Waals surface area (Å²) in [6, 6.07) is 25.4. The first-order valence-corrected chi connectivity index (χ1v) is 27.8. The summed E-state index contributed by atoms with van der Waals surface area (Å²) in [5.74, 6) is 2.96. The number of fused-ring (bicyclic) bond motifs is 1. The van der Waals surface area contributed by atoms with Crippen molar-refractivity contribution in [2.75, 3.05) is 26.3 Å². The number of hydrogen-bond donors (Lipinski definition) is 0. The third-order valence-corrected chi connectivity index (χ3v) is 15.2. The van der Waals surface area contributed by atoms with Gasteiger partial charge in [-0.05, 0) is 121 Å². The van der Waals surface area contributed by atoms with Gasteiger partial charge in [-0.3, -0.25) is 9.59 Å². The van der Waals surface area contributed by atoms with E-state index in [1.165, 1.54) is 101 Å². The number of unbranched alkanes of at least 4 members (excludes halogenated alkanes) is 14. The predicted octanol–water partition coefficient (Wildman–Crippen LogP) is 16.0. The molecule has 0 saturated heterocycles. The number of amides is 2. The molecule has 0 fully saturated rings. The highest BCUT2D eigenvalue weighted by atomic mass is 32.1. The van der Waals surface area contributed by atoms with Crippen molar-refractivity contribution in [3.05, 3.63) is 116 Å². The molecule has 8 heteroatoms. The van der Waals surface area contributed by atoms with E-state index in [4.69, 9.17) is 9.47 Å². The van der Waals surface area contributed by atoms with Crippen LogP contribution in [-0.4, -0.2) is 47.9 Å². The Labute approximate surface area is 406 Å². The number of aryl methyl sites for hydroxylation is 2. The van der Waals surface area contributed by atoms with Gasteiger partial charge in [0.2, 0.25) is 0 Å². The summed E-state index contributed by atoms with van der Waals surface area (Å²) >= 11 is 3.20. The molecular weight excluding hydrogens is 853 g/mol. The zero-order valence-corrected chi connectivity index (χ0v) is 42.6. The van der Waals surface area contributed by atoms with Crippen molar-refractivity contribution in [2.24, 2.45) is 11.8 Å². The van der Waals surface area contributed by atoms with Crippen LogP contribution in [0.3, 0.4) is 0 Å². The van der Waals surface area contributed by atoms with E-state index in [2.05, 4.69) is 88.4 Å². The Morgan fingerprint density at radius 2 is 0.848 bits per heavy atom. The number of carbonyl (C=O) groups excluding carboxylic acids is 2. The van der Waals surface area contributed by atoms with Gasteiger partial charge in [0.25, 0.3) is 11.8 Å². The molecule has 0 bridgehead atoms. The number of thiophene rings is 2. The van der Waals surface area contributed by atoms with Crippen LogP contribution in [-0.2, 0) is 22.4 Å². The molecule has 2 amide bonds. The van der Waals surface area contributed by atoms with Crippen molar-refractivity contribution in [1.82, 2.24) is 9.80 Å². The third kappa shape index (κ3) is 15.4. The fourth-order valence-electron chi connectivity index (χ4n) is 9.41. The Kier molecular flexibility index (Phi) is 21.9. The normalized spacial score (nSPS) is 14.8. The van der Waals surface area contributed by atoms with Gasteiger partial charge in [0.1, 0.15) is 11.5 Å². The number of nitrogens with zero attached hydrogens (tertiary/aromatic N) is 2. The monoisotopic (exact) mass is 933 g/mol. The lowest BCUT2D eigenvalue weighted by Crippen LogP contribution is -2.30. The maximum atomic E-state index is 14.6. The molecule has 2 unspecified atom stereocenters. The molecule has 0 aliphatic carbocycles. The molecule has 2 aliphatic rings. The predicted molar refractivity (Wildman–Crippen MR) is 279 cm³/mol. The largest absolute Gasteiger partial charge is 0.493 e. The van der Waals surface area contributed by atoms with Crippen LogP contribution >= 0.6 is 22.7 Å². The molecule has 0 spiro atoms. The molecule has 66 heavy (non-hydrogen) atoms. The van der Waals surface area contributed by atoms with Crippen LogP contribution < -0.4 is 9.47 Å². The van der Waals surface area contributed by atoms with Crippen LogP contribution in [0.1, 0.15) is 177 Å². The van der Waals surface area contributed by atoms with E-state index in [-0.39, 0.29) is 11.8 Å². The fourth-order valence-corrected chi connectivity index (χ4v) is 11.0. The Hall–Kier alpha value is -4.14. The van der Waals surface area contributed by atoms with Gasteiger partial charge in [0.15, 0.2) is 0 Å². The lowest BCUT2D eigenvalue weighted by atomic mass is 10.0. The van der Waals surface area contributed by atoms with Crippen LogP contribution in [0.4, 0.5) is 0 Å². The van der Waals surface area contributed by atoms with E-state index < -0.39 is 0 Å². The van der Waals surface area contributed by atoms with Gasteiger partial charge in [0, 0.05) is 13.1 Å². The van der Waals surface area contributed by atoms with Crippen molar-refractivity contribution in [2.45, 2.75) is 169 Å². The molecule has 0 N–H and O–H groups in total. The first kappa shape index (κ1) is 51.3. The van der Waals surface area contributed by atoms with Gasteiger partial charge >= 0.3 is 0 Å². The molecule has 6 nitrogen and oxygen atoms in total.